The van der Waals surface area contributed by atoms with Crippen molar-refractivity contribution in [3.8, 4) is 0 Å². The Morgan fingerprint density at radius 3 is 2.35 bits per heavy atom. The largest absolute Gasteiger partial charge is 0.389 e. The molecule has 23 heavy (non-hydrogen) atoms. The average molecular weight is 325 g/mol. The number of amides is 1. The minimum atomic E-state index is -0.484. The van der Waals surface area contributed by atoms with Crippen molar-refractivity contribution >= 4 is 5.91 Å². The van der Waals surface area contributed by atoms with E-state index in [2.05, 4.69) is 29.0 Å². The number of carbonyl (C=O) groups is 1. The number of hydrogen-bond donors (Lipinski definition) is 2. The molecule has 1 saturated carbocycles. The summed E-state index contributed by atoms with van der Waals surface area (Å²) in [5.74, 6) is 0.892. The molecule has 134 valence electrons. The highest BCUT2D eigenvalue weighted by Gasteiger charge is 2.34. The maximum atomic E-state index is 12.0. The molecule has 2 fully saturated rings. The molecule has 1 saturated heterocycles. The second-order valence-corrected chi connectivity index (χ2v) is 7.84. The molecule has 0 aromatic carbocycles. The summed E-state index contributed by atoms with van der Waals surface area (Å²) >= 11 is 0. The van der Waals surface area contributed by atoms with Crippen molar-refractivity contribution < 1.29 is 9.90 Å². The lowest BCUT2D eigenvalue weighted by Crippen LogP contribution is -2.54. The van der Waals surface area contributed by atoms with E-state index in [0.29, 0.717) is 6.54 Å². The van der Waals surface area contributed by atoms with Crippen LogP contribution in [0.15, 0.2) is 0 Å². The zero-order valence-electron chi connectivity index (χ0n) is 15.2. The van der Waals surface area contributed by atoms with Crippen LogP contribution in [-0.2, 0) is 4.79 Å². The van der Waals surface area contributed by atoms with Crippen molar-refractivity contribution in [1.29, 1.82) is 0 Å². The minimum Gasteiger partial charge on any atom is -0.389 e. The zero-order chi connectivity index (χ0) is 16.9. The monoisotopic (exact) mass is 325 g/mol. The molecule has 1 atom stereocenters. The summed E-state index contributed by atoms with van der Waals surface area (Å²) in [6, 6.07) is 0.256. The van der Waals surface area contributed by atoms with Crippen LogP contribution in [0.4, 0.5) is 0 Å². The van der Waals surface area contributed by atoms with Crippen LogP contribution in [0, 0.1) is 5.92 Å². The number of nitrogens with zero attached hydrogens (tertiary/aromatic N) is 2. The van der Waals surface area contributed by atoms with E-state index in [4.69, 9.17) is 0 Å². The quantitative estimate of drug-likeness (QED) is 0.776. The molecule has 1 unspecified atom stereocenters. The van der Waals surface area contributed by atoms with Gasteiger partial charge in [0.05, 0.1) is 12.1 Å². The molecular formula is C18H35N3O2. The lowest BCUT2D eigenvalue weighted by Gasteiger charge is -2.42. The van der Waals surface area contributed by atoms with Crippen LogP contribution in [0.25, 0.3) is 0 Å². The molecule has 0 aromatic heterocycles. The summed E-state index contributed by atoms with van der Waals surface area (Å²) in [5, 5.41) is 13.8. The Labute approximate surface area is 141 Å². The third-order valence-corrected chi connectivity index (χ3v) is 5.57. The Hall–Kier alpha value is -0.650. The first-order valence-corrected chi connectivity index (χ1v) is 9.36. The van der Waals surface area contributed by atoms with Crippen LogP contribution in [-0.4, -0.2) is 71.7 Å². The molecule has 5 nitrogen and oxygen atoms in total. The number of hydrogen-bond acceptors (Lipinski definition) is 4. The third kappa shape index (κ3) is 6.05. The number of rotatable bonds is 6. The van der Waals surface area contributed by atoms with Gasteiger partial charge in [0.15, 0.2) is 0 Å². The van der Waals surface area contributed by atoms with Crippen LogP contribution in [0.3, 0.4) is 0 Å². The smallest absolute Gasteiger partial charge is 0.234 e. The first kappa shape index (κ1) is 18.7. The van der Waals surface area contributed by atoms with E-state index in [1.165, 1.54) is 0 Å². The molecular weight excluding hydrogens is 290 g/mol. The van der Waals surface area contributed by atoms with Gasteiger partial charge in [-0.05, 0) is 44.9 Å². The van der Waals surface area contributed by atoms with Crippen LogP contribution in [0.2, 0.25) is 0 Å². The molecule has 2 aliphatic rings. The topological polar surface area (TPSA) is 55.8 Å². The fourth-order valence-corrected chi connectivity index (χ4v) is 3.60. The van der Waals surface area contributed by atoms with Gasteiger partial charge in [-0.1, -0.05) is 13.8 Å². The van der Waals surface area contributed by atoms with Gasteiger partial charge < -0.3 is 10.4 Å². The number of piperazine rings is 1. The van der Waals surface area contributed by atoms with Gasteiger partial charge in [0.25, 0.3) is 0 Å². The van der Waals surface area contributed by atoms with E-state index in [0.717, 1.165) is 70.7 Å². The van der Waals surface area contributed by atoms with E-state index in [1.807, 2.05) is 6.92 Å². The number of aliphatic hydroxyl groups is 1. The summed E-state index contributed by atoms with van der Waals surface area (Å²) in [6.07, 6.45) is 5.13. The van der Waals surface area contributed by atoms with Gasteiger partial charge in [0.1, 0.15) is 0 Å². The van der Waals surface area contributed by atoms with Crippen LogP contribution >= 0.6 is 0 Å². The van der Waals surface area contributed by atoms with Gasteiger partial charge in [-0.2, -0.15) is 0 Å². The predicted molar refractivity (Wildman–Crippen MR) is 93.4 cm³/mol. The average Bonchev–Trinajstić information content (AvgIpc) is 2.52. The lowest BCUT2D eigenvalue weighted by molar-refractivity contribution is -0.123. The maximum Gasteiger partial charge on any atom is 0.234 e. The zero-order valence-corrected chi connectivity index (χ0v) is 15.2. The minimum absolute atomic E-state index is 0.132. The molecule has 1 aliphatic carbocycles. The van der Waals surface area contributed by atoms with Gasteiger partial charge >= 0.3 is 0 Å². The van der Waals surface area contributed by atoms with E-state index < -0.39 is 5.60 Å². The normalized spacial score (nSPS) is 31.7. The van der Waals surface area contributed by atoms with Crippen molar-refractivity contribution in [1.82, 2.24) is 15.1 Å². The Kier molecular flexibility index (Phi) is 6.86. The number of nitrogens with one attached hydrogen (secondary N) is 1. The Morgan fingerprint density at radius 1 is 1.22 bits per heavy atom. The SMILES string of the molecule is CCC(C)NC(=O)CN1CCN(CC2(O)CCC(C)CC2)CC1. The molecule has 1 amide bonds. The van der Waals surface area contributed by atoms with Crippen molar-refractivity contribution in [2.75, 3.05) is 39.3 Å². The summed E-state index contributed by atoms with van der Waals surface area (Å²) < 4.78 is 0. The van der Waals surface area contributed by atoms with Crippen LogP contribution in [0.1, 0.15) is 52.9 Å². The first-order chi connectivity index (χ1) is 10.9. The number of β-amino-alcohol motifs (C(OH)–C–C–N with tert-alkyl or cyclic N) is 1. The van der Waals surface area contributed by atoms with Gasteiger partial charge in [0.2, 0.25) is 5.91 Å². The lowest BCUT2D eigenvalue weighted by atomic mass is 9.79. The fraction of sp³-hybridized carbons (Fsp3) is 0.944. The van der Waals surface area contributed by atoms with Crippen molar-refractivity contribution in [3.05, 3.63) is 0 Å². The van der Waals surface area contributed by atoms with Crippen molar-refractivity contribution in [2.24, 2.45) is 5.92 Å². The van der Waals surface area contributed by atoms with Crippen LogP contribution in [0.5, 0.6) is 0 Å². The van der Waals surface area contributed by atoms with Gasteiger partial charge in [-0.15, -0.1) is 0 Å². The maximum absolute atomic E-state index is 12.0. The molecule has 0 bridgehead atoms. The Morgan fingerprint density at radius 2 is 1.78 bits per heavy atom. The summed E-state index contributed by atoms with van der Waals surface area (Å²) in [4.78, 5) is 16.6. The molecule has 1 aliphatic heterocycles. The van der Waals surface area contributed by atoms with E-state index in [9.17, 15) is 9.90 Å². The van der Waals surface area contributed by atoms with Gasteiger partial charge in [-0.3, -0.25) is 14.6 Å². The molecule has 0 aromatic rings. The van der Waals surface area contributed by atoms with Crippen LogP contribution < -0.4 is 5.32 Å². The molecule has 1 heterocycles. The summed E-state index contributed by atoms with van der Waals surface area (Å²) in [7, 11) is 0. The molecule has 0 spiro atoms. The second kappa shape index (κ2) is 8.45. The standard InChI is InChI=1S/C18H35N3O2/c1-4-16(3)19-17(22)13-20-9-11-21(12-10-20)14-18(23)7-5-15(2)6-8-18/h15-16,23H,4-14H2,1-3H3,(H,19,22). The molecule has 2 rings (SSSR count). The summed E-state index contributed by atoms with van der Waals surface area (Å²) in [6.45, 7) is 11.4. The third-order valence-electron chi connectivity index (χ3n) is 5.57. The predicted octanol–water partition coefficient (Wildman–Crippen LogP) is 1.46. The highest BCUT2D eigenvalue weighted by atomic mass is 16.3. The second-order valence-electron chi connectivity index (χ2n) is 7.84. The van der Waals surface area contributed by atoms with Gasteiger partial charge in [-0.25, -0.2) is 0 Å². The van der Waals surface area contributed by atoms with E-state index in [1.54, 1.807) is 0 Å². The first-order valence-electron chi connectivity index (χ1n) is 9.36. The number of carbonyl (C=O) groups excluding carboxylic acids is 1. The van der Waals surface area contributed by atoms with Gasteiger partial charge in [0, 0.05) is 38.8 Å². The van der Waals surface area contributed by atoms with E-state index >= 15 is 0 Å². The Bertz CT molecular complexity index is 372. The highest BCUT2D eigenvalue weighted by molar-refractivity contribution is 5.78. The highest BCUT2D eigenvalue weighted by Crippen LogP contribution is 2.32. The summed E-state index contributed by atoms with van der Waals surface area (Å²) in [5.41, 5.74) is -0.484. The van der Waals surface area contributed by atoms with Crippen molar-refractivity contribution in [3.63, 3.8) is 0 Å². The Balaban J connectivity index is 1.68. The fourth-order valence-electron chi connectivity index (χ4n) is 3.60. The van der Waals surface area contributed by atoms with E-state index in [-0.39, 0.29) is 11.9 Å². The molecule has 5 heteroatoms. The molecule has 2 N–H and O–H groups in total. The van der Waals surface area contributed by atoms with Crippen molar-refractivity contribution in [2.45, 2.75) is 64.5 Å². The molecule has 0 radical (unpaired) electrons.